The molecule has 1 saturated carbocycles. The van der Waals surface area contributed by atoms with Gasteiger partial charge in [0.15, 0.2) is 0 Å². The molecule has 35 heavy (non-hydrogen) atoms. The maximum Gasteiger partial charge on any atom is 0.408 e. The summed E-state index contributed by atoms with van der Waals surface area (Å²) in [5, 5.41) is 5.89. The molecule has 1 aromatic rings. The summed E-state index contributed by atoms with van der Waals surface area (Å²) in [6.45, 7) is 19.1. The van der Waals surface area contributed by atoms with Crippen LogP contribution in [-0.4, -0.2) is 46.0 Å². The minimum absolute atomic E-state index is 0.0472. The molecule has 1 aliphatic rings. The molecule has 0 aromatic heterocycles. The lowest BCUT2D eigenvalue weighted by atomic mass is 9.94. The highest BCUT2D eigenvalue weighted by Gasteiger charge is 2.45. The number of aryl methyl sites for hydroxylation is 2. The normalized spacial score (nSPS) is 15.9. The van der Waals surface area contributed by atoms with Crippen LogP contribution < -0.4 is 10.6 Å². The number of nitrogens with one attached hydrogen (secondary N) is 2. The fourth-order valence-corrected chi connectivity index (χ4v) is 4.18. The third-order valence-corrected chi connectivity index (χ3v) is 5.64. The topological polar surface area (TPSA) is 87.7 Å². The largest absolute Gasteiger partial charge is 0.444 e. The SMILES string of the molecule is Cc1ccc(C(C(=O)NC(C)(C)C)N(C(=O)C(CC(C)C)NC(=O)OC(C)(C)C)C2CC2)c(C)c1. The van der Waals surface area contributed by atoms with Crippen molar-refractivity contribution in [3.05, 3.63) is 34.9 Å². The maximum atomic E-state index is 14.1. The van der Waals surface area contributed by atoms with E-state index in [0.29, 0.717) is 6.42 Å². The standard InChI is InChI=1S/C28H45N3O4/c1-17(2)15-22(29-26(34)35-28(8,9)10)25(33)31(20-12-13-20)23(24(32)30-27(5,6)7)21-14-11-18(3)16-19(21)4/h11,14,16-17,20,22-23H,12-13,15H2,1-10H3,(H,29,34)(H,30,32). The van der Waals surface area contributed by atoms with Crippen LogP contribution >= 0.6 is 0 Å². The van der Waals surface area contributed by atoms with E-state index in [1.54, 1.807) is 25.7 Å². The van der Waals surface area contributed by atoms with E-state index >= 15 is 0 Å². The van der Waals surface area contributed by atoms with Crippen LogP contribution in [0, 0.1) is 19.8 Å². The van der Waals surface area contributed by atoms with Gasteiger partial charge in [-0.15, -0.1) is 0 Å². The molecule has 2 N–H and O–H groups in total. The second-order valence-electron chi connectivity index (χ2n) is 12.3. The van der Waals surface area contributed by atoms with Crippen molar-refractivity contribution in [1.82, 2.24) is 15.5 Å². The number of alkyl carbamates (subject to hydrolysis) is 1. The van der Waals surface area contributed by atoms with Crippen LogP contribution in [0.25, 0.3) is 0 Å². The van der Waals surface area contributed by atoms with Gasteiger partial charge >= 0.3 is 6.09 Å². The average Bonchev–Trinajstić information content (AvgIpc) is 3.47. The highest BCUT2D eigenvalue weighted by atomic mass is 16.6. The molecule has 0 saturated heterocycles. The molecule has 7 nitrogen and oxygen atoms in total. The van der Waals surface area contributed by atoms with Crippen molar-refractivity contribution in [2.75, 3.05) is 0 Å². The number of carbonyl (C=O) groups excluding carboxylic acids is 3. The van der Waals surface area contributed by atoms with E-state index < -0.39 is 29.3 Å². The first-order valence-corrected chi connectivity index (χ1v) is 12.7. The van der Waals surface area contributed by atoms with Crippen LogP contribution in [0.4, 0.5) is 4.79 Å². The Morgan fingerprint density at radius 2 is 1.66 bits per heavy atom. The van der Waals surface area contributed by atoms with E-state index in [4.69, 9.17) is 4.74 Å². The molecule has 3 amide bonds. The molecule has 7 heteroatoms. The summed E-state index contributed by atoms with van der Waals surface area (Å²) in [6, 6.07) is 4.33. The van der Waals surface area contributed by atoms with Crippen molar-refractivity contribution in [2.24, 2.45) is 5.92 Å². The lowest BCUT2D eigenvalue weighted by Crippen LogP contribution is -2.55. The van der Waals surface area contributed by atoms with Crippen molar-refractivity contribution in [3.63, 3.8) is 0 Å². The smallest absolute Gasteiger partial charge is 0.408 e. The molecule has 0 aliphatic heterocycles. The minimum Gasteiger partial charge on any atom is -0.444 e. The fourth-order valence-electron chi connectivity index (χ4n) is 4.18. The van der Waals surface area contributed by atoms with E-state index in [1.165, 1.54) is 0 Å². The molecule has 1 aromatic carbocycles. The van der Waals surface area contributed by atoms with Crippen LogP contribution in [0.5, 0.6) is 0 Å². The molecular weight excluding hydrogens is 442 g/mol. The Kier molecular flexibility index (Phi) is 9.01. The van der Waals surface area contributed by atoms with Gasteiger partial charge in [-0.3, -0.25) is 9.59 Å². The number of ether oxygens (including phenoxy) is 1. The second-order valence-corrected chi connectivity index (χ2v) is 12.3. The molecule has 1 fully saturated rings. The minimum atomic E-state index is -0.791. The van der Waals surface area contributed by atoms with Gasteiger partial charge in [0.1, 0.15) is 17.7 Å². The van der Waals surface area contributed by atoms with Crippen molar-refractivity contribution < 1.29 is 19.1 Å². The Hall–Kier alpha value is -2.57. The zero-order valence-electron chi connectivity index (χ0n) is 23.2. The highest BCUT2D eigenvalue weighted by molar-refractivity contribution is 5.93. The summed E-state index contributed by atoms with van der Waals surface area (Å²) in [5.74, 6) is -0.311. The zero-order chi connectivity index (χ0) is 26.7. The molecule has 0 heterocycles. The summed E-state index contributed by atoms with van der Waals surface area (Å²) >= 11 is 0. The van der Waals surface area contributed by atoms with E-state index in [-0.39, 0.29) is 23.8 Å². The third kappa shape index (κ3) is 8.86. The predicted octanol–water partition coefficient (Wildman–Crippen LogP) is 5.19. The lowest BCUT2D eigenvalue weighted by Gasteiger charge is -2.37. The average molecular weight is 488 g/mol. The predicted molar refractivity (Wildman–Crippen MR) is 139 cm³/mol. The van der Waals surface area contributed by atoms with Crippen LogP contribution in [0.1, 0.15) is 97.4 Å². The van der Waals surface area contributed by atoms with Gasteiger partial charge < -0.3 is 20.3 Å². The summed E-state index contributed by atoms with van der Waals surface area (Å²) in [6.07, 6.45) is 1.48. The van der Waals surface area contributed by atoms with E-state index in [9.17, 15) is 14.4 Å². The second kappa shape index (κ2) is 11.0. The van der Waals surface area contributed by atoms with Crippen molar-refractivity contribution >= 4 is 17.9 Å². The Morgan fingerprint density at radius 3 is 2.11 bits per heavy atom. The van der Waals surface area contributed by atoms with Crippen molar-refractivity contribution in [3.8, 4) is 0 Å². The van der Waals surface area contributed by atoms with Gasteiger partial charge in [0.2, 0.25) is 11.8 Å². The van der Waals surface area contributed by atoms with Crippen molar-refractivity contribution in [1.29, 1.82) is 0 Å². The number of carbonyl (C=O) groups is 3. The first-order valence-electron chi connectivity index (χ1n) is 12.7. The van der Waals surface area contributed by atoms with E-state index in [0.717, 1.165) is 29.5 Å². The van der Waals surface area contributed by atoms with E-state index in [2.05, 4.69) is 10.6 Å². The molecule has 2 rings (SSSR count). The highest BCUT2D eigenvalue weighted by Crippen LogP contribution is 2.37. The third-order valence-electron chi connectivity index (χ3n) is 5.64. The summed E-state index contributed by atoms with van der Waals surface area (Å²) in [5.41, 5.74) is 1.71. The van der Waals surface area contributed by atoms with Gasteiger partial charge in [0, 0.05) is 11.6 Å². The Bertz CT molecular complexity index is 923. The molecule has 0 radical (unpaired) electrons. The van der Waals surface area contributed by atoms with Gasteiger partial charge in [-0.05, 0) is 91.7 Å². The van der Waals surface area contributed by atoms with Gasteiger partial charge in [-0.25, -0.2) is 4.79 Å². The summed E-state index contributed by atoms with van der Waals surface area (Å²) in [7, 11) is 0. The number of benzene rings is 1. The molecule has 1 aliphatic carbocycles. The molecule has 2 atom stereocenters. The number of amides is 3. The molecule has 0 spiro atoms. The maximum absolute atomic E-state index is 14.1. The zero-order valence-corrected chi connectivity index (χ0v) is 23.2. The lowest BCUT2D eigenvalue weighted by molar-refractivity contribution is -0.144. The van der Waals surface area contributed by atoms with Gasteiger partial charge in [0.05, 0.1) is 0 Å². The quantitative estimate of drug-likeness (QED) is 0.528. The first-order chi connectivity index (χ1) is 16.0. The number of hydrogen-bond donors (Lipinski definition) is 2. The van der Waals surface area contributed by atoms with Gasteiger partial charge in [-0.1, -0.05) is 37.6 Å². The molecule has 0 bridgehead atoms. The number of rotatable bonds is 8. The van der Waals surface area contributed by atoms with Gasteiger partial charge in [0.25, 0.3) is 0 Å². The number of nitrogens with zero attached hydrogens (tertiary/aromatic N) is 1. The summed E-state index contributed by atoms with van der Waals surface area (Å²) < 4.78 is 5.45. The molecule has 2 unspecified atom stereocenters. The Labute approximate surface area is 211 Å². The van der Waals surface area contributed by atoms with Crippen LogP contribution in [0.15, 0.2) is 18.2 Å². The molecule has 196 valence electrons. The fraction of sp³-hybridized carbons (Fsp3) is 0.679. The monoisotopic (exact) mass is 487 g/mol. The first kappa shape index (κ1) is 28.7. The summed E-state index contributed by atoms with van der Waals surface area (Å²) in [4.78, 5) is 42.2. The van der Waals surface area contributed by atoms with Crippen LogP contribution in [0.3, 0.4) is 0 Å². The van der Waals surface area contributed by atoms with Gasteiger partial charge in [-0.2, -0.15) is 0 Å². The molecular formula is C28H45N3O4. The van der Waals surface area contributed by atoms with E-state index in [1.807, 2.05) is 66.7 Å². The Morgan fingerprint density at radius 1 is 1.06 bits per heavy atom. The van der Waals surface area contributed by atoms with Crippen molar-refractivity contribution in [2.45, 2.75) is 118 Å². The Balaban J connectivity index is 2.51. The van der Waals surface area contributed by atoms with Crippen LogP contribution in [0.2, 0.25) is 0 Å². The number of hydrogen-bond acceptors (Lipinski definition) is 4. The van der Waals surface area contributed by atoms with Crippen LogP contribution in [-0.2, 0) is 14.3 Å².